The SMILES string of the molecule is COC(=O)C(C)CN1CCNC(=O)CC1. The predicted molar refractivity (Wildman–Crippen MR) is 55.2 cm³/mol. The molecule has 0 radical (unpaired) electrons. The van der Waals surface area contributed by atoms with Gasteiger partial charge in [-0.05, 0) is 0 Å². The summed E-state index contributed by atoms with van der Waals surface area (Å²) in [5, 5.41) is 2.79. The van der Waals surface area contributed by atoms with Gasteiger partial charge in [-0.1, -0.05) is 6.92 Å². The van der Waals surface area contributed by atoms with E-state index in [1.807, 2.05) is 6.92 Å². The van der Waals surface area contributed by atoms with Crippen LogP contribution in [0.3, 0.4) is 0 Å². The maximum absolute atomic E-state index is 11.2. The monoisotopic (exact) mass is 214 g/mol. The molecule has 0 spiro atoms. The average molecular weight is 214 g/mol. The lowest BCUT2D eigenvalue weighted by Crippen LogP contribution is -2.34. The van der Waals surface area contributed by atoms with E-state index in [1.54, 1.807) is 0 Å². The number of esters is 1. The number of carbonyl (C=O) groups excluding carboxylic acids is 2. The first kappa shape index (κ1) is 12.0. The molecule has 1 saturated heterocycles. The summed E-state index contributed by atoms with van der Waals surface area (Å²) in [6.07, 6.45) is 0.508. The molecule has 0 aliphatic carbocycles. The second kappa shape index (κ2) is 5.70. The van der Waals surface area contributed by atoms with Crippen LogP contribution >= 0.6 is 0 Å². The molecule has 1 aliphatic rings. The molecule has 1 N–H and O–H groups in total. The van der Waals surface area contributed by atoms with Gasteiger partial charge in [-0.25, -0.2) is 0 Å². The highest BCUT2D eigenvalue weighted by Crippen LogP contribution is 2.04. The highest BCUT2D eigenvalue weighted by atomic mass is 16.5. The lowest BCUT2D eigenvalue weighted by atomic mass is 10.1. The second-order valence-corrected chi connectivity index (χ2v) is 3.82. The molecule has 1 unspecified atom stereocenters. The third-order valence-electron chi connectivity index (χ3n) is 2.54. The minimum Gasteiger partial charge on any atom is -0.469 e. The zero-order valence-corrected chi connectivity index (χ0v) is 9.28. The van der Waals surface area contributed by atoms with Gasteiger partial charge in [-0.2, -0.15) is 0 Å². The number of ether oxygens (including phenoxy) is 1. The van der Waals surface area contributed by atoms with E-state index in [0.29, 0.717) is 26.1 Å². The van der Waals surface area contributed by atoms with E-state index in [0.717, 1.165) is 6.54 Å². The Labute approximate surface area is 89.8 Å². The second-order valence-electron chi connectivity index (χ2n) is 3.82. The molecule has 0 aromatic heterocycles. The first-order chi connectivity index (χ1) is 7.13. The van der Waals surface area contributed by atoms with Crippen molar-refractivity contribution in [1.29, 1.82) is 0 Å². The number of carbonyl (C=O) groups is 2. The van der Waals surface area contributed by atoms with Crippen LogP contribution in [0.1, 0.15) is 13.3 Å². The standard InChI is InChI=1S/C10H18N2O3/c1-8(10(14)15-2)7-12-5-3-9(13)11-4-6-12/h8H,3-7H2,1-2H3,(H,11,13). The van der Waals surface area contributed by atoms with Crippen LogP contribution < -0.4 is 5.32 Å². The largest absolute Gasteiger partial charge is 0.469 e. The number of hydrogen-bond donors (Lipinski definition) is 1. The molecule has 1 rings (SSSR count). The molecule has 0 saturated carbocycles. The van der Waals surface area contributed by atoms with Crippen LogP contribution in [0.2, 0.25) is 0 Å². The van der Waals surface area contributed by atoms with Crippen LogP contribution in [-0.2, 0) is 14.3 Å². The Morgan fingerprint density at radius 1 is 1.60 bits per heavy atom. The van der Waals surface area contributed by atoms with E-state index in [4.69, 9.17) is 0 Å². The Morgan fingerprint density at radius 2 is 2.33 bits per heavy atom. The van der Waals surface area contributed by atoms with Gasteiger partial charge in [0, 0.05) is 32.6 Å². The van der Waals surface area contributed by atoms with Crippen molar-refractivity contribution in [2.24, 2.45) is 5.92 Å². The third kappa shape index (κ3) is 3.87. The Hall–Kier alpha value is -1.10. The highest BCUT2D eigenvalue weighted by molar-refractivity contribution is 5.76. The van der Waals surface area contributed by atoms with E-state index in [-0.39, 0.29) is 17.8 Å². The minimum absolute atomic E-state index is 0.0863. The highest BCUT2D eigenvalue weighted by Gasteiger charge is 2.19. The summed E-state index contributed by atoms with van der Waals surface area (Å²) >= 11 is 0. The molecule has 86 valence electrons. The van der Waals surface area contributed by atoms with E-state index in [2.05, 4.69) is 15.0 Å². The summed E-state index contributed by atoms with van der Waals surface area (Å²) in [6, 6.07) is 0. The molecule has 0 aromatic carbocycles. The van der Waals surface area contributed by atoms with Crippen LogP contribution in [0.15, 0.2) is 0 Å². The Kier molecular flexibility index (Phi) is 4.55. The lowest BCUT2D eigenvalue weighted by Gasteiger charge is -2.21. The number of amides is 1. The molecule has 5 nitrogen and oxygen atoms in total. The van der Waals surface area contributed by atoms with Gasteiger partial charge < -0.3 is 15.0 Å². The van der Waals surface area contributed by atoms with Crippen LogP contribution in [0.25, 0.3) is 0 Å². The van der Waals surface area contributed by atoms with Crippen molar-refractivity contribution in [2.75, 3.05) is 33.3 Å². The summed E-state index contributed by atoms with van der Waals surface area (Å²) < 4.78 is 4.66. The first-order valence-corrected chi connectivity index (χ1v) is 5.20. The van der Waals surface area contributed by atoms with Crippen molar-refractivity contribution < 1.29 is 14.3 Å². The van der Waals surface area contributed by atoms with Crippen LogP contribution in [-0.4, -0.2) is 50.1 Å². The van der Waals surface area contributed by atoms with Gasteiger partial charge in [0.1, 0.15) is 0 Å². The van der Waals surface area contributed by atoms with E-state index < -0.39 is 0 Å². The molecule has 0 aromatic rings. The zero-order chi connectivity index (χ0) is 11.3. The minimum atomic E-state index is -0.196. The van der Waals surface area contributed by atoms with Crippen molar-refractivity contribution in [3.8, 4) is 0 Å². The molecular weight excluding hydrogens is 196 g/mol. The van der Waals surface area contributed by atoms with Gasteiger partial charge in [-0.15, -0.1) is 0 Å². The summed E-state index contributed by atoms with van der Waals surface area (Å²) in [6.45, 7) is 4.67. The van der Waals surface area contributed by atoms with Crippen molar-refractivity contribution in [2.45, 2.75) is 13.3 Å². The number of hydrogen-bond acceptors (Lipinski definition) is 4. The fourth-order valence-corrected chi connectivity index (χ4v) is 1.66. The van der Waals surface area contributed by atoms with Gasteiger partial charge in [-0.3, -0.25) is 9.59 Å². The van der Waals surface area contributed by atoms with E-state index in [9.17, 15) is 9.59 Å². The Morgan fingerprint density at radius 3 is 3.00 bits per heavy atom. The number of methoxy groups -OCH3 is 1. The van der Waals surface area contributed by atoms with Gasteiger partial charge in [0.15, 0.2) is 0 Å². The normalized spacial score (nSPS) is 20.3. The maximum Gasteiger partial charge on any atom is 0.309 e. The summed E-state index contributed by atoms with van der Waals surface area (Å²) in [4.78, 5) is 24.4. The predicted octanol–water partition coefficient (Wildman–Crippen LogP) is -0.383. The first-order valence-electron chi connectivity index (χ1n) is 5.20. The van der Waals surface area contributed by atoms with E-state index >= 15 is 0 Å². The smallest absolute Gasteiger partial charge is 0.309 e. The Bertz CT molecular complexity index is 243. The van der Waals surface area contributed by atoms with Crippen LogP contribution in [0.4, 0.5) is 0 Å². The van der Waals surface area contributed by atoms with Gasteiger partial charge in [0.25, 0.3) is 0 Å². The molecule has 1 amide bonds. The van der Waals surface area contributed by atoms with Crippen molar-refractivity contribution in [3.05, 3.63) is 0 Å². The van der Waals surface area contributed by atoms with Gasteiger partial charge >= 0.3 is 5.97 Å². The van der Waals surface area contributed by atoms with Gasteiger partial charge in [0.2, 0.25) is 5.91 Å². The third-order valence-corrected chi connectivity index (χ3v) is 2.54. The molecule has 1 heterocycles. The zero-order valence-electron chi connectivity index (χ0n) is 9.28. The van der Waals surface area contributed by atoms with Crippen molar-refractivity contribution in [1.82, 2.24) is 10.2 Å². The maximum atomic E-state index is 11.2. The fraction of sp³-hybridized carbons (Fsp3) is 0.800. The summed E-state index contributed by atoms with van der Waals surface area (Å²) in [5.74, 6) is -0.245. The topological polar surface area (TPSA) is 58.6 Å². The van der Waals surface area contributed by atoms with Crippen molar-refractivity contribution >= 4 is 11.9 Å². The fourth-order valence-electron chi connectivity index (χ4n) is 1.66. The van der Waals surface area contributed by atoms with Crippen LogP contribution in [0.5, 0.6) is 0 Å². The average Bonchev–Trinajstić information content (AvgIpc) is 2.42. The summed E-state index contributed by atoms with van der Waals surface area (Å²) in [7, 11) is 1.40. The quantitative estimate of drug-likeness (QED) is 0.650. The summed E-state index contributed by atoms with van der Waals surface area (Å²) in [5.41, 5.74) is 0. The molecule has 0 bridgehead atoms. The molecular formula is C10H18N2O3. The molecule has 1 aliphatic heterocycles. The molecule has 15 heavy (non-hydrogen) atoms. The molecule has 5 heteroatoms. The number of rotatable bonds is 3. The Balaban J connectivity index is 2.37. The van der Waals surface area contributed by atoms with E-state index in [1.165, 1.54) is 7.11 Å². The number of nitrogens with zero attached hydrogens (tertiary/aromatic N) is 1. The number of nitrogens with one attached hydrogen (secondary N) is 1. The lowest BCUT2D eigenvalue weighted by molar-refractivity contribution is -0.145. The molecule has 1 atom stereocenters. The van der Waals surface area contributed by atoms with Crippen LogP contribution in [0, 0.1) is 5.92 Å². The molecule has 1 fully saturated rings. The van der Waals surface area contributed by atoms with Gasteiger partial charge in [0.05, 0.1) is 13.0 Å². The van der Waals surface area contributed by atoms with Crippen molar-refractivity contribution in [3.63, 3.8) is 0 Å².